The summed E-state index contributed by atoms with van der Waals surface area (Å²) in [5.41, 5.74) is 1.46. The van der Waals surface area contributed by atoms with Gasteiger partial charge in [0.2, 0.25) is 0 Å². The quantitative estimate of drug-likeness (QED) is 0.732. The van der Waals surface area contributed by atoms with Gasteiger partial charge in [0, 0.05) is 12.6 Å². The van der Waals surface area contributed by atoms with Crippen molar-refractivity contribution in [1.82, 2.24) is 10.3 Å². The molecule has 0 spiro atoms. The third-order valence-electron chi connectivity index (χ3n) is 2.63. The van der Waals surface area contributed by atoms with Gasteiger partial charge in [0.25, 0.3) is 0 Å². The lowest BCUT2D eigenvalue weighted by Crippen LogP contribution is -2.34. The fourth-order valence-corrected chi connectivity index (χ4v) is 1.52. The van der Waals surface area contributed by atoms with Gasteiger partial charge < -0.3 is 5.32 Å². The predicted octanol–water partition coefficient (Wildman–Crippen LogP) is 1.54. The Morgan fingerprint density at radius 2 is 2.36 bits per heavy atom. The minimum atomic E-state index is 0.512. The first kappa shape index (κ1) is 9.34. The SMILES string of the molecule is O=Cc1cccc(CNC2CCC2)n1. The molecular formula is C11H14N2O. The first-order chi connectivity index (χ1) is 6.88. The highest BCUT2D eigenvalue weighted by atomic mass is 16.1. The van der Waals surface area contributed by atoms with Crippen molar-refractivity contribution in [3.05, 3.63) is 29.6 Å². The number of pyridine rings is 1. The van der Waals surface area contributed by atoms with E-state index in [1.807, 2.05) is 12.1 Å². The van der Waals surface area contributed by atoms with Crippen molar-refractivity contribution in [2.75, 3.05) is 0 Å². The molecule has 0 aromatic carbocycles. The van der Waals surface area contributed by atoms with E-state index in [0.29, 0.717) is 11.7 Å². The second-order valence-electron chi connectivity index (χ2n) is 3.68. The molecule has 1 heterocycles. The van der Waals surface area contributed by atoms with Crippen molar-refractivity contribution in [3.8, 4) is 0 Å². The highest BCUT2D eigenvalue weighted by Gasteiger charge is 2.16. The Bertz CT molecular complexity index is 321. The van der Waals surface area contributed by atoms with Gasteiger partial charge in [0.1, 0.15) is 5.69 Å². The fourth-order valence-electron chi connectivity index (χ4n) is 1.52. The van der Waals surface area contributed by atoms with Crippen LogP contribution >= 0.6 is 0 Å². The normalized spacial score (nSPS) is 16.3. The third-order valence-corrected chi connectivity index (χ3v) is 2.63. The molecule has 1 saturated carbocycles. The average molecular weight is 190 g/mol. The topological polar surface area (TPSA) is 42.0 Å². The van der Waals surface area contributed by atoms with Gasteiger partial charge in [-0.3, -0.25) is 4.79 Å². The number of carbonyl (C=O) groups excluding carboxylic acids is 1. The second-order valence-corrected chi connectivity index (χ2v) is 3.68. The maximum Gasteiger partial charge on any atom is 0.168 e. The Morgan fingerprint density at radius 3 is 3.00 bits per heavy atom. The standard InChI is InChI=1S/C11H14N2O/c14-8-11-6-2-5-10(13-11)7-12-9-3-1-4-9/h2,5-6,8-9,12H,1,3-4,7H2. The number of hydrogen-bond acceptors (Lipinski definition) is 3. The number of aldehydes is 1. The average Bonchev–Trinajstić information content (AvgIpc) is 2.16. The van der Waals surface area contributed by atoms with Crippen molar-refractivity contribution in [3.63, 3.8) is 0 Å². The Hall–Kier alpha value is -1.22. The number of carbonyl (C=O) groups is 1. The van der Waals surface area contributed by atoms with Crippen molar-refractivity contribution in [1.29, 1.82) is 0 Å². The molecule has 3 heteroatoms. The van der Waals surface area contributed by atoms with Crippen LogP contribution in [0.4, 0.5) is 0 Å². The van der Waals surface area contributed by atoms with Gasteiger partial charge >= 0.3 is 0 Å². The maximum absolute atomic E-state index is 10.5. The molecule has 0 amide bonds. The molecule has 74 valence electrons. The number of aromatic nitrogens is 1. The van der Waals surface area contributed by atoms with Crippen LogP contribution in [0.1, 0.15) is 35.4 Å². The van der Waals surface area contributed by atoms with Crippen LogP contribution in [0.3, 0.4) is 0 Å². The Morgan fingerprint density at radius 1 is 1.50 bits per heavy atom. The highest BCUT2D eigenvalue weighted by molar-refractivity contribution is 5.71. The summed E-state index contributed by atoms with van der Waals surface area (Å²) >= 11 is 0. The van der Waals surface area contributed by atoms with Crippen LogP contribution in [0.5, 0.6) is 0 Å². The molecule has 3 nitrogen and oxygen atoms in total. The van der Waals surface area contributed by atoms with Crippen molar-refractivity contribution in [2.24, 2.45) is 0 Å². The van der Waals surface area contributed by atoms with Crippen LogP contribution in [-0.4, -0.2) is 17.3 Å². The van der Waals surface area contributed by atoms with E-state index in [9.17, 15) is 4.79 Å². The van der Waals surface area contributed by atoms with Gasteiger partial charge in [-0.2, -0.15) is 0 Å². The van der Waals surface area contributed by atoms with Crippen LogP contribution < -0.4 is 5.32 Å². The molecule has 1 aromatic rings. The molecular weight excluding hydrogens is 176 g/mol. The molecule has 0 bridgehead atoms. The van der Waals surface area contributed by atoms with Crippen molar-refractivity contribution >= 4 is 6.29 Å². The van der Waals surface area contributed by atoms with Gasteiger partial charge in [-0.05, 0) is 25.0 Å². The van der Waals surface area contributed by atoms with E-state index < -0.39 is 0 Å². The zero-order valence-electron chi connectivity index (χ0n) is 8.07. The van der Waals surface area contributed by atoms with Crippen LogP contribution in [0.15, 0.2) is 18.2 Å². The lowest BCUT2D eigenvalue weighted by molar-refractivity contribution is 0.111. The van der Waals surface area contributed by atoms with Gasteiger partial charge in [-0.1, -0.05) is 12.5 Å². The molecule has 1 aliphatic rings. The fraction of sp³-hybridized carbons (Fsp3) is 0.455. The molecule has 1 fully saturated rings. The van der Waals surface area contributed by atoms with E-state index in [4.69, 9.17) is 0 Å². The number of hydrogen-bond donors (Lipinski definition) is 1. The summed E-state index contributed by atoms with van der Waals surface area (Å²) in [6, 6.07) is 6.20. The van der Waals surface area contributed by atoms with Crippen molar-refractivity contribution in [2.45, 2.75) is 31.8 Å². The first-order valence-electron chi connectivity index (χ1n) is 5.03. The van der Waals surface area contributed by atoms with Crippen LogP contribution in [-0.2, 0) is 6.54 Å². The van der Waals surface area contributed by atoms with Crippen LogP contribution in [0.25, 0.3) is 0 Å². The highest BCUT2D eigenvalue weighted by Crippen LogP contribution is 2.18. The van der Waals surface area contributed by atoms with E-state index in [2.05, 4.69) is 10.3 Å². The third kappa shape index (κ3) is 2.17. The summed E-state index contributed by atoms with van der Waals surface area (Å²) in [5.74, 6) is 0. The Labute approximate surface area is 83.5 Å². The van der Waals surface area contributed by atoms with E-state index >= 15 is 0 Å². The molecule has 0 radical (unpaired) electrons. The van der Waals surface area contributed by atoms with E-state index in [1.165, 1.54) is 19.3 Å². The summed E-state index contributed by atoms with van der Waals surface area (Å²) in [6.45, 7) is 0.770. The summed E-state index contributed by atoms with van der Waals surface area (Å²) < 4.78 is 0. The van der Waals surface area contributed by atoms with Gasteiger partial charge in [0.15, 0.2) is 6.29 Å². The molecule has 14 heavy (non-hydrogen) atoms. The summed E-state index contributed by atoms with van der Waals surface area (Å²) in [6.07, 6.45) is 4.66. The molecule has 0 atom stereocenters. The zero-order chi connectivity index (χ0) is 9.80. The Kier molecular flexibility index (Phi) is 2.89. The predicted molar refractivity (Wildman–Crippen MR) is 54.1 cm³/mol. The summed E-state index contributed by atoms with van der Waals surface area (Å²) in [5, 5.41) is 3.41. The summed E-state index contributed by atoms with van der Waals surface area (Å²) in [7, 11) is 0. The second kappa shape index (κ2) is 4.33. The van der Waals surface area contributed by atoms with Gasteiger partial charge in [-0.15, -0.1) is 0 Å². The van der Waals surface area contributed by atoms with E-state index in [-0.39, 0.29) is 0 Å². The Balaban J connectivity index is 1.90. The molecule has 0 unspecified atom stereocenters. The first-order valence-corrected chi connectivity index (χ1v) is 5.03. The largest absolute Gasteiger partial charge is 0.308 e. The smallest absolute Gasteiger partial charge is 0.168 e. The number of nitrogens with zero attached hydrogens (tertiary/aromatic N) is 1. The number of rotatable bonds is 4. The lowest BCUT2D eigenvalue weighted by Gasteiger charge is -2.26. The minimum Gasteiger partial charge on any atom is -0.308 e. The van der Waals surface area contributed by atoms with Crippen LogP contribution in [0.2, 0.25) is 0 Å². The monoisotopic (exact) mass is 190 g/mol. The molecule has 1 aliphatic carbocycles. The molecule has 1 N–H and O–H groups in total. The van der Waals surface area contributed by atoms with E-state index in [1.54, 1.807) is 6.07 Å². The zero-order valence-corrected chi connectivity index (χ0v) is 8.07. The maximum atomic E-state index is 10.5. The molecule has 1 aromatic heterocycles. The molecule has 0 aliphatic heterocycles. The van der Waals surface area contributed by atoms with Gasteiger partial charge in [0.05, 0.1) is 5.69 Å². The minimum absolute atomic E-state index is 0.512. The molecule has 2 rings (SSSR count). The molecule has 0 saturated heterocycles. The lowest BCUT2D eigenvalue weighted by atomic mass is 9.93. The number of nitrogens with one attached hydrogen (secondary N) is 1. The van der Waals surface area contributed by atoms with Crippen molar-refractivity contribution < 1.29 is 4.79 Å². The van der Waals surface area contributed by atoms with Gasteiger partial charge in [-0.25, -0.2) is 4.98 Å². The van der Waals surface area contributed by atoms with E-state index in [0.717, 1.165) is 18.5 Å². The van der Waals surface area contributed by atoms with Crippen LogP contribution in [0, 0.1) is 0 Å². The summed E-state index contributed by atoms with van der Waals surface area (Å²) in [4.78, 5) is 14.7.